The Morgan fingerprint density at radius 2 is 1.77 bits per heavy atom. The predicted octanol–water partition coefficient (Wildman–Crippen LogP) is 6.34. The van der Waals surface area contributed by atoms with Crippen LogP contribution in [-0.4, -0.2) is 10.2 Å². The maximum absolute atomic E-state index is 6.84. The molecule has 1 heterocycles. The minimum atomic E-state index is 0.785. The lowest BCUT2D eigenvalue weighted by atomic mass is 9.98. The molecule has 0 unspecified atom stereocenters. The zero-order chi connectivity index (χ0) is 18.1. The summed E-state index contributed by atoms with van der Waals surface area (Å²) in [5.41, 5.74) is 7.18. The van der Waals surface area contributed by atoms with Gasteiger partial charge < -0.3 is 5.32 Å². The predicted molar refractivity (Wildman–Crippen MR) is 111 cm³/mol. The Bertz CT molecular complexity index is 976. The van der Waals surface area contributed by atoms with Crippen LogP contribution in [0.3, 0.4) is 0 Å². The Balaban J connectivity index is 1.69. The van der Waals surface area contributed by atoms with Gasteiger partial charge in [0.15, 0.2) is 0 Å². The molecule has 1 aliphatic carbocycles. The van der Waals surface area contributed by atoms with Crippen molar-refractivity contribution in [3.8, 4) is 0 Å². The van der Waals surface area contributed by atoms with Crippen LogP contribution in [0.25, 0.3) is 10.6 Å². The Hall–Kier alpha value is -2.17. The van der Waals surface area contributed by atoms with Gasteiger partial charge in [0.05, 0.1) is 5.03 Å². The first kappa shape index (κ1) is 17.3. The lowest BCUT2D eigenvalue weighted by Crippen LogP contribution is -1.93. The lowest BCUT2D eigenvalue weighted by Gasteiger charge is -2.11. The maximum atomic E-state index is 6.84. The van der Waals surface area contributed by atoms with Crippen molar-refractivity contribution in [2.45, 2.75) is 33.1 Å². The molecule has 0 radical (unpaired) electrons. The molecule has 0 atom stereocenters. The highest BCUT2D eigenvalue weighted by Gasteiger charge is 2.20. The van der Waals surface area contributed by atoms with E-state index in [9.17, 15) is 0 Å². The summed E-state index contributed by atoms with van der Waals surface area (Å²) in [5, 5.41) is 14.5. The van der Waals surface area contributed by atoms with Crippen molar-refractivity contribution >= 4 is 44.4 Å². The number of rotatable bonds is 3. The molecular formula is C21H20ClN3S. The molecule has 0 aliphatic heterocycles. The molecule has 0 spiro atoms. The molecule has 0 bridgehead atoms. The van der Waals surface area contributed by atoms with Crippen LogP contribution in [0.4, 0.5) is 10.8 Å². The number of hydrogen-bond acceptors (Lipinski definition) is 4. The first-order valence-electron chi connectivity index (χ1n) is 8.77. The summed E-state index contributed by atoms with van der Waals surface area (Å²) in [5.74, 6) is 0. The van der Waals surface area contributed by atoms with Gasteiger partial charge in [0.2, 0.25) is 5.13 Å². The minimum absolute atomic E-state index is 0.785. The smallest absolute Gasteiger partial charge is 0.210 e. The SMILES string of the molecule is Cc1cc2c(cc1C)C(Cl)=C(c1nnc(Nc3ccccc3)s1)CCC2. The van der Waals surface area contributed by atoms with Crippen LogP contribution >= 0.6 is 22.9 Å². The van der Waals surface area contributed by atoms with Gasteiger partial charge in [-0.1, -0.05) is 47.2 Å². The second-order valence-electron chi connectivity index (χ2n) is 6.64. The highest BCUT2D eigenvalue weighted by molar-refractivity contribution is 7.16. The van der Waals surface area contributed by atoms with Gasteiger partial charge in [0.25, 0.3) is 0 Å². The van der Waals surface area contributed by atoms with E-state index in [1.54, 1.807) is 11.3 Å². The normalized spacial score (nSPS) is 14.1. The van der Waals surface area contributed by atoms with Crippen LogP contribution in [-0.2, 0) is 6.42 Å². The number of hydrogen-bond donors (Lipinski definition) is 1. The van der Waals surface area contributed by atoms with E-state index in [4.69, 9.17) is 11.6 Å². The van der Waals surface area contributed by atoms with Gasteiger partial charge in [-0.15, -0.1) is 10.2 Å². The van der Waals surface area contributed by atoms with Gasteiger partial charge in [0, 0.05) is 11.3 Å². The van der Waals surface area contributed by atoms with Crippen LogP contribution in [0.15, 0.2) is 42.5 Å². The largest absolute Gasteiger partial charge is 0.330 e. The van der Waals surface area contributed by atoms with E-state index in [1.165, 1.54) is 16.7 Å². The fraction of sp³-hybridized carbons (Fsp3) is 0.238. The number of aromatic nitrogens is 2. The third kappa shape index (κ3) is 3.39. The van der Waals surface area contributed by atoms with E-state index in [0.29, 0.717) is 0 Å². The summed E-state index contributed by atoms with van der Waals surface area (Å²) >= 11 is 8.40. The number of anilines is 2. The number of benzene rings is 2. The van der Waals surface area contributed by atoms with Crippen LogP contribution < -0.4 is 5.32 Å². The monoisotopic (exact) mass is 381 g/mol. The molecule has 0 fully saturated rings. The minimum Gasteiger partial charge on any atom is -0.330 e. The number of para-hydroxylation sites is 1. The highest BCUT2D eigenvalue weighted by atomic mass is 35.5. The summed E-state index contributed by atoms with van der Waals surface area (Å²) in [6.45, 7) is 4.29. The average Bonchev–Trinajstić information content (AvgIpc) is 3.03. The van der Waals surface area contributed by atoms with Gasteiger partial charge in [-0.2, -0.15) is 0 Å². The van der Waals surface area contributed by atoms with Gasteiger partial charge in [-0.3, -0.25) is 0 Å². The molecule has 2 aromatic carbocycles. The number of nitrogens with zero attached hydrogens (tertiary/aromatic N) is 2. The maximum Gasteiger partial charge on any atom is 0.210 e. The van der Waals surface area contributed by atoms with Gasteiger partial charge >= 0.3 is 0 Å². The molecule has 26 heavy (non-hydrogen) atoms. The number of allylic oxidation sites excluding steroid dienone is 1. The first-order valence-corrected chi connectivity index (χ1v) is 9.96. The number of fused-ring (bicyclic) bond motifs is 1. The molecule has 0 saturated carbocycles. The van der Waals surface area contributed by atoms with Crippen LogP contribution in [0, 0.1) is 13.8 Å². The lowest BCUT2D eigenvalue weighted by molar-refractivity contribution is 0.856. The molecule has 132 valence electrons. The molecular weight excluding hydrogens is 362 g/mol. The van der Waals surface area contributed by atoms with Crippen LogP contribution in [0.1, 0.15) is 40.1 Å². The Morgan fingerprint density at radius 1 is 1.00 bits per heavy atom. The van der Waals surface area contributed by atoms with Crippen molar-refractivity contribution in [3.05, 3.63) is 69.7 Å². The van der Waals surface area contributed by atoms with Crippen LogP contribution in [0.2, 0.25) is 0 Å². The van der Waals surface area contributed by atoms with Gasteiger partial charge in [-0.25, -0.2) is 0 Å². The van der Waals surface area contributed by atoms with Crippen molar-refractivity contribution in [2.24, 2.45) is 0 Å². The Morgan fingerprint density at radius 3 is 2.58 bits per heavy atom. The summed E-state index contributed by atoms with van der Waals surface area (Å²) in [6.07, 6.45) is 3.04. The van der Waals surface area contributed by atoms with E-state index < -0.39 is 0 Å². The van der Waals surface area contributed by atoms with Crippen molar-refractivity contribution < 1.29 is 0 Å². The topological polar surface area (TPSA) is 37.8 Å². The summed E-state index contributed by atoms with van der Waals surface area (Å²) in [6, 6.07) is 14.5. The summed E-state index contributed by atoms with van der Waals surface area (Å²) < 4.78 is 0. The van der Waals surface area contributed by atoms with E-state index in [-0.39, 0.29) is 0 Å². The molecule has 1 aromatic heterocycles. The second kappa shape index (κ2) is 7.22. The molecule has 1 N–H and O–H groups in total. The van der Waals surface area contributed by atoms with Crippen LogP contribution in [0.5, 0.6) is 0 Å². The first-order chi connectivity index (χ1) is 12.6. The third-order valence-electron chi connectivity index (χ3n) is 4.80. The van der Waals surface area contributed by atoms with Crippen molar-refractivity contribution in [2.75, 3.05) is 5.32 Å². The summed E-state index contributed by atoms with van der Waals surface area (Å²) in [4.78, 5) is 0. The molecule has 0 amide bonds. The molecule has 3 nitrogen and oxygen atoms in total. The van der Waals surface area contributed by atoms with Crippen molar-refractivity contribution in [1.82, 2.24) is 10.2 Å². The van der Waals surface area contributed by atoms with E-state index in [2.05, 4.69) is 41.5 Å². The summed E-state index contributed by atoms with van der Waals surface area (Å²) in [7, 11) is 0. The average molecular weight is 382 g/mol. The number of halogens is 1. The second-order valence-corrected chi connectivity index (χ2v) is 8.00. The fourth-order valence-electron chi connectivity index (χ4n) is 3.26. The zero-order valence-electron chi connectivity index (χ0n) is 14.8. The number of aryl methyl sites for hydroxylation is 3. The Labute approximate surface area is 162 Å². The van der Waals surface area contributed by atoms with Crippen molar-refractivity contribution in [1.29, 1.82) is 0 Å². The van der Waals surface area contributed by atoms with E-state index in [1.807, 2.05) is 30.3 Å². The molecule has 1 aliphatic rings. The molecule has 0 saturated heterocycles. The van der Waals surface area contributed by atoms with E-state index >= 15 is 0 Å². The molecule has 4 rings (SSSR count). The molecule has 5 heteroatoms. The standard InChI is InChI=1S/C21H20ClN3S/c1-13-11-15-7-6-10-17(19(22)18(15)12-14(13)2)20-24-25-21(26-20)23-16-8-4-3-5-9-16/h3-5,8-9,11-12H,6-7,10H2,1-2H3,(H,23,25). The highest BCUT2D eigenvalue weighted by Crippen LogP contribution is 2.40. The molecule has 3 aromatic rings. The zero-order valence-corrected chi connectivity index (χ0v) is 16.4. The Kier molecular flexibility index (Phi) is 4.79. The van der Waals surface area contributed by atoms with E-state index in [0.717, 1.165) is 51.3 Å². The number of nitrogens with one attached hydrogen (secondary N) is 1. The fourth-order valence-corrected chi connectivity index (χ4v) is 4.52. The quantitative estimate of drug-likeness (QED) is 0.575. The van der Waals surface area contributed by atoms with Gasteiger partial charge in [-0.05, 0) is 73.6 Å². The van der Waals surface area contributed by atoms with Crippen molar-refractivity contribution in [3.63, 3.8) is 0 Å². The van der Waals surface area contributed by atoms with Gasteiger partial charge in [0.1, 0.15) is 5.01 Å². The third-order valence-corrected chi connectivity index (χ3v) is 6.13.